The maximum atomic E-state index is 14.6. The van der Waals surface area contributed by atoms with E-state index in [-0.39, 0.29) is 17.4 Å². The molecule has 0 spiro atoms. The Morgan fingerprint density at radius 2 is 1.87 bits per heavy atom. The number of fused-ring (bicyclic) bond motifs is 1. The van der Waals surface area contributed by atoms with Crippen molar-refractivity contribution >= 4 is 35.4 Å². The highest BCUT2D eigenvalue weighted by atomic mass is 32.1. The highest BCUT2D eigenvalue weighted by molar-refractivity contribution is 7.78. The van der Waals surface area contributed by atoms with Crippen LogP contribution in [0, 0.1) is 24.6 Å². The van der Waals surface area contributed by atoms with E-state index in [1.54, 1.807) is 0 Å². The molecule has 3 atom stereocenters. The van der Waals surface area contributed by atoms with E-state index in [4.69, 9.17) is 4.74 Å². The number of hydrogen-bond acceptors (Lipinski definition) is 6. The van der Waals surface area contributed by atoms with Gasteiger partial charge < -0.3 is 19.7 Å². The Morgan fingerprint density at radius 3 is 2.53 bits per heavy atom. The van der Waals surface area contributed by atoms with Crippen molar-refractivity contribution in [1.82, 2.24) is 14.3 Å². The number of thiol groups is 1. The summed E-state index contributed by atoms with van der Waals surface area (Å²) in [6.07, 6.45) is -3.07. The molecule has 3 N–H and O–H groups in total. The number of nitrogens with zero attached hydrogens (tertiary/aromatic N) is 2. The third-order valence-electron chi connectivity index (χ3n) is 8.49. The molecular weight excluding hydrogens is 632 g/mol. The molecule has 1 heterocycles. The lowest BCUT2D eigenvalue weighted by atomic mass is 9.68. The number of rotatable bonds is 9. The maximum absolute atomic E-state index is 14.6. The monoisotopic (exact) mass is 672 g/mol. The number of aromatic nitrogens is 2. The van der Waals surface area contributed by atoms with Crippen molar-refractivity contribution in [3.63, 3.8) is 0 Å². The number of ether oxygens (including phenoxy) is 1. The van der Waals surface area contributed by atoms with E-state index >= 15 is 0 Å². The lowest BCUT2D eigenvalue weighted by Crippen LogP contribution is -2.37. The van der Waals surface area contributed by atoms with E-state index in [0.717, 1.165) is 39.6 Å². The van der Waals surface area contributed by atoms with Gasteiger partial charge in [0, 0.05) is 31.0 Å². The number of anilines is 1. The Balaban J connectivity index is 0.00000245. The van der Waals surface area contributed by atoms with Crippen LogP contribution in [-0.4, -0.2) is 33.7 Å². The first-order chi connectivity index (χ1) is 22.4. The zero-order valence-electron chi connectivity index (χ0n) is 26.8. The second-order valence-electron chi connectivity index (χ2n) is 11.3. The van der Waals surface area contributed by atoms with E-state index in [0.29, 0.717) is 50.3 Å². The molecule has 1 fully saturated rings. The summed E-state index contributed by atoms with van der Waals surface area (Å²) < 4.78 is 64.5. The molecule has 3 aromatic carbocycles. The molecule has 0 bridgehead atoms. The highest BCUT2D eigenvalue weighted by Gasteiger charge is 2.41. The quantitative estimate of drug-likeness (QED) is 0.0618. The van der Waals surface area contributed by atoms with Crippen molar-refractivity contribution in [3.05, 3.63) is 89.7 Å². The second kappa shape index (κ2) is 15.2. The van der Waals surface area contributed by atoms with Gasteiger partial charge in [0.25, 0.3) is 0 Å². The summed E-state index contributed by atoms with van der Waals surface area (Å²) in [5.41, 5.74) is 2.90. The number of carbonyl (C=O) groups excluding carboxylic acids is 1. The molecule has 1 aliphatic rings. The molecule has 0 radical (unpaired) electrons. The smallest absolute Gasteiger partial charge is 0.416 e. The summed E-state index contributed by atoms with van der Waals surface area (Å²) in [5, 5.41) is 13.2. The zero-order chi connectivity index (χ0) is 34.5. The number of aryl methyl sites for hydroxylation is 2. The highest BCUT2D eigenvalue weighted by Crippen LogP contribution is 2.46. The third-order valence-corrected chi connectivity index (χ3v) is 8.72. The van der Waals surface area contributed by atoms with Crippen LogP contribution in [0.3, 0.4) is 0 Å². The number of aliphatic hydroxyl groups excluding tert-OH is 1. The average molecular weight is 673 g/mol. The van der Waals surface area contributed by atoms with Gasteiger partial charge in [0.1, 0.15) is 24.0 Å². The summed E-state index contributed by atoms with van der Waals surface area (Å²) in [6, 6.07) is 13.7. The summed E-state index contributed by atoms with van der Waals surface area (Å²) in [5.74, 6) is -2.36. The summed E-state index contributed by atoms with van der Waals surface area (Å²) in [6.45, 7) is 10.5. The standard InChI is InChI=1S/C33H34F4N4O3S.C2H6/c1-18(42)31-24(5-4-6-25(31)32(43)40-27-11-9-22(17-26(27)34)33(35,36)37)21-7-10-23(30(16-21)44-14-13-38-45)20-8-12-29-28(15-20)39-19(2)41(29)3;1-2/h7-12,15-17,24-25,31,38,42,45H,1,4-6,13-14H2,2-3H3,(H,40,43);1-2H3/t24?,25?,31-;/m1./s1. The lowest BCUT2D eigenvalue weighted by Gasteiger charge is -2.37. The fraction of sp³-hybridized carbons (Fsp3) is 0.371. The number of benzene rings is 3. The fourth-order valence-electron chi connectivity index (χ4n) is 6.17. The predicted molar refractivity (Wildman–Crippen MR) is 180 cm³/mol. The van der Waals surface area contributed by atoms with Gasteiger partial charge in [-0.1, -0.05) is 57.9 Å². The van der Waals surface area contributed by atoms with Crippen LogP contribution in [0.1, 0.15) is 56.0 Å². The van der Waals surface area contributed by atoms with Crippen molar-refractivity contribution in [2.75, 3.05) is 18.5 Å². The molecule has 5 rings (SSSR count). The zero-order valence-corrected chi connectivity index (χ0v) is 27.7. The van der Waals surface area contributed by atoms with Crippen molar-refractivity contribution in [3.8, 4) is 16.9 Å². The van der Waals surface area contributed by atoms with E-state index in [1.807, 2.05) is 68.8 Å². The second-order valence-corrected chi connectivity index (χ2v) is 11.6. The fourth-order valence-corrected chi connectivity index (χ4v) is 6.26. The van der Waals surface area contributed by atoms with Gasteiger partial charge in [0.15, 0.2) is 0 Å². The molecule has 7 nitrogen and oxygen atoms in total. The van der Waals surface area contributed by atoms with Gasteiger partial charge in [-0.3, -0.25) is 9.52 Å². The van der Waals surface area contributed by atoms with Gasteiger partial charge >= 0.3 is 6.18 Å². The van der Waals surface area contributed by atoms with Gasteiger partial charge in [-0.05, 0) is 73.2 Å². The van der Waals surface area contributed by atoms with E-state index in [2.05, 4.69) is 34.4 Å². The summed E-state index contributed by atoms with van der Waals surface area (Å²) >= 11 is 4.05. The minimum Gasteiger partial charge on any atom is -0.513 e. The molecule has 1 amide bonds. The number of halogens is 4. The number of imidazole rings is 1. The number of nitrogens with one attached hydrogen (secondary N) is 2. The number of alkyl halides is 3. The Kier molecular flexibility index (Phi) is 11.6. The molecule has 252 valence electrons. The van der Waals surface area contributed by atoms with Crippen LogP contribution in [0.15, 0.2) is 66.9 Å². The van der Waals surface area contributed by atoms with Crippen molar-refractivity contribution in [2.24, 2.45) is 18.9 Å². The molecule has 47 heavy (non-hydrogen) atoms. The molecule has 4 aromatic rings. The number of carbonyl (C=O) groups is 1. The molecule has 2 unspecified atom stereocenters. The Hall–Kier alpha value is -4.03. The van der Waals surface area contributed by atoms with E-state index in [1.165, 1.54) is 0 Å². The normalized spacial score (nSPS) is 17.9. The first-order valence-electron chi connectivity index (χ1n) is 15.5. The summed E-state index contributed by atoms with van der Waals surface area (Å²) in [4.78, 5) is 18.1. The maximum Gasteiger partial charge on any atom is 0.416 e. The number of amides is 1. The van der Waals surface area contributed by atoms with Crippen LogP contribution in [0.2, 0.25) is 0 Å². The molecule has 1 aliphatic carbocycles. The number of hydrogen-bond donors (Lipinski definition) is 4. The Morgan fingerprint density at radius 1 is 1.13 bits per heavy atom. The SMILES string of the molecule is C=C(O)[C@H]1C(C(=O)Nc2ccc(C(F)(F)F)cc2F)CCCC1c1ccc(-c2ccc3c(c2)nc(C)n3C)c(OCCNS)c1.CC. The van der Waals surface area contributed by atoms with Gasteiger partial charge in [0.2, 0.25) is 5.91 Å². The first kappa shape index (κ1) is 35.8. The van der Waals surface area contributed by atoms with Gasteiger partial charge in [-0.15, -0.1) is 0 Å². The summed E-state index contributed by atoms with van der Waals surface area (Å²) in [7, 11) is 1.96. The topological polar surface area (TPSA) is 88.4 Å². The minimum absolute atomic E-state index is 0.200. The molecule has 12 heteroatoms. The number of allylic oxidation sites excluding steroid dienone is 1. The Bertz CT molecular complexity index is 1740. The molecular formula is C35H40F4N4O3S. The lowest BCUT2D eigenvalue weighted by molar-refractivity contribution is -0.137. The predicted octanol–water partition coefficient (Wildman–Crippen LogP) is 8.76. The van der Waals surface area contributed by atoms with Crippen LogP contribution >= 0.6 is 12.8 Å². The molecule has 1 saturated carbocycles. The third kappa shape index (κ3) is 7.93. The van der Waals surface area contributed by atoms with Crippen LogP contribution in [0.4, 0.5) is 23.2 Å². The van der Waals surface area contributed by atoms with E-state index in [9.17, 15) is 27.5 Å². The van der Waals surface area contributed by atoms with Crippen molar-refractivity contribution < 1.29 is 32.2 Å². The van der Waals surface area contributed by atoms with Gasteiger partial charge in [-0.2, -0.15) is 13.2 Å². The molecule has 0 aliphatic heterocycles. The van der Waals surface area contributed by atoms with Crippen molar-refractivity contribution in [1.29, 1.82) is 0 Å². The van der Waals surface area contributed by atoms with Crippen LogP contribution in [-0.2, 0) is 18.0 Å². The average Bonchev–Trinajstić information content (AvgIpc) is 3.33. The van der Waals surface area contributed by atoms with Crippen LogP contribution in [0.5, 0.6) is 5.75 Å². The minimum atomic E-state index is -4.72. The largest absolute Gasteiger partial charge is 0.513 e. The molecule has 1 aromatic heterocycles. The first-order valence-corrected chi connectivity index (χ1v) is 16.0. The van der Waals surface area contributed by atoms with Crippen molar-refractivity contribution in [2.45, 2.75) is 52.1 Å². The van der Waals surface area contributed by atoms with E-state index < -0.39 is 35.3 Å². The van der Waals surface area contributed by atoms with Crippen LogP contribution < -0.4 is 14.8 Å². The van der Waals surface area contributed by atoms with Gasteiger partial charge in [0.05, 0.1) is 28.0 Å². The Labute approximate surface area is 277 Å². The van der Waals surface area contributed by atoms with Gasteiger partial charge in [-0.25, -0.2) is 9.37 Å². The van der Waals surface area contributed by atoms with Crippen LogP contribution in [0.25, 0.3) is 22.2 Å². The molecule has 0 saturated heterocycles. The number of aliphatic hydroxyl groups is 1.